The molecular weight excluding hydrogens is 360 g/mol. The molecular formula is C25H34N2O2. The van der Waals surface area contributed by atoms with Gasteiger partial charge in [-0.05, 0) is 81.3 Å². The minimum atomic E-state index is -0.549. The summed E-state index contributed by atoms with van der Waals surface area (Å²) >= 11 is 0. The van der Waals surface area contributed by atoms with Crippen LogP contribution in [-0.2, 0) is 4.79 Å². The summed E-state index contributed by atoms with van der Waals surface area (Å²) in [6, 6.07) is 14.4. The number of piperidine rings is 1. The van der Waals surface area contributed by atoms with Gasteiger partial charge in [0.05, 0.1) is 6.04 Å². The van der Waals surface area contributed by atoms with Gasteiger partial charge >= 0.3 is 0 Å². The molecule has 156 valence electrons. The van der Waals surface area contributed by atoms with E-state index in [1.54, 1.807) is 6.92 Å². The summed E-state index contributed by atoms with van der Waals surface area (Å²) < 4.78 is 5.91. The van der Waals surface area contributed by atoms with E-state index < -0.39 is 6.10 Å². The zero-order valence-corrected chi connectivity index (χ0v) is 18.4. The Morgan fingerprint density at radius 2 is 1.72 bits per heavy atom. The first-order chi connectivity index (χ1) is 13.8. The van der Waals surface area contributed by atoms with Crippen molar-refractivity contribution in [1.82, 2.24) is 5.32 Å². The molecule has 1 aliphatic heterocycles. The lowest BCUT2D eigenvalue weighted by Crippen LogP contribution is -2.38. The third kappa shape index (κ3) is 5.31. The maximum atomic E-state index is 12.6. The lowest BCUT2D eigenvalue weighted by Gasteiger charge is -2.32. The maximum absolute atomic E-state index is 12.6. The Kier molecular flexibility index (Phi) is 6.83. The second-order valence-electron chi connectivity index (χ2n) is 8.45. The standard InChI is InChI=1S/C25H34N2O2/c1-17-13-15-27(16-14-17)23-11-9-22(10-12-23)20(4)26-25(28)21(5)29-24-8-6-7-18(2)19(24)3/h6-12,17,20-21H,13-16H2,1-5H3,(H,26,28)/t20-,21+/m0/s1. The number of nitrogens with one attached hydrogen (secondary N) is 1. The van der Waals surface area contributed by atoms with Crippen molar-refractivity contribution in [3.8, 4) is 5.75 Å². The summed E-state index contributed by atoms with van der Waals surface area (Å²) in [5, 5.41) is 3.08. The van der Waals surface area contributed by atoms with E-state index in [1.807, 2.05) is 39.0 Å². The monoisotopic (exact) mass is 394 g/mol. The number of aryl methyl sites for hydroxylation is 1. The summed E-state index contributed by atoms with van der Waals surface area (Å²) in [5.41, 5.74) is 4.60. The predicted octanol–water partition coefficient (Wildman–Crippen LogP) is 5.18. The van der Waals surface area contributed by atoms with Crippen LogP contribution in [0.5, 0.6) is 5.75 Å². The summed E-state index contributed by atoms with van der Waals surface area (Å²) in [6.45, 7) is 12.5. The molecule has 0 saturated carbocycles. The molecule has 2 aromatic carbocycles. The molecule has 4 heteroatoms. The summed E-state index contributed by atoms with van der Waals surface area (Å²) in [5.74, 6) is 1.49. The molecule has 1 aliphatic rings. The SMILES string of the molecule is Cc1cccc(O[C@H](C)C(=O)N[C@@H](C)c2ccc(N3CCC(C)CC3)cc2)c1C. The van der Waals surface area contributed by atoms with E-state index in [2.05, 4.69) is 41.4 Å². The Hall–Kier alpha value is -2.49. The first-order valence-electron chi connectivity index (χ1n) is 10.7. The average Bonchev–Trinajstić information content (AvgIpc) is 2.72. The van der Waals surface area contributed by atoms with Gasteiger partial charge in [-0.15, -0.1) is 0 Å². The van der Waals surface area contributed by atoms with E-state index in [0.29, 0.717) is 0 Å². The van der Waals surface area contributed by atoms with E-state index in [1.165, 1.54) is 18.5 Å². The average molecular weight is 395 g/mol. The van der Waals surface area contributed by atoms with Crippen molar-refractivity contribution < 1.29 is 9.53 Å². The number of carbonyl (C=O) groups excluding carboxylic acids is 1. The van der Waals surface area contributed by atoms with Crippen LogP contribution in [0.1, 0.15) is 56.3 Å². The maximum Gasteiger partial charge on any atom is 0.261 e. The zero-order valence-electron chi connectivity index (χ0n) is 18.4. The molecule has 0 radical (unpaired) electrons. The number of nitrogens with zero attached hydrogens (tertiary/aromatic N) is 1. The minimum absolute atomic E-state index is 0.0671. The number of hydrogen-bond donors (Lipinski definition) is 1. The predicted molar refractivity (Wildman–Crippen MR) is 120 cm³/mol. The molecule has 1 saturated heterocycles. The highest BCUT2D eigenvalue weighted by atomic mass is 16.5. The normalized spacial score (nSPS) is 16.9. The molecule has 0 aliphatic carbocycles. The molecule has 2 atom stereocenters. The fourth-order valence-corrected chi connectivity index (χ4v) is 3.75. The highest BCUT2D eigenvalue weighted by Crippen LogP contribution is 2.25. The molecule has 1 N–H and O–H groups in total. The summed E-state index contributed by atoms with van der Waals surface area (Å²) in [6.07, 6.45) is 1.96. The Labute approximate surface area is 175 Å². The molecule has 0 spiro atoms. The first-order valence-corrected chi connectivity index (χ1v) is 10.7. The van der Waals surface area contributed by atoms with Crippen molar-refractivity contribution in [2.75, 3.05) is 18.0 Å². The van der Waals surface area contributed by atoms with Crippen molar-refractivity contribution in [3.05, 3.63) is 59.2 Å². The summed E-state index contributed by atoms with van der Waals surface area (Å²) in [4.78, 5) is 15.1. The van der Waals surface area contributed by atoms with Gasteiger partial charge < -0.3 is 15.0 Å². The van der Waals surface area contributed by atoms with Crippen molar-refractivity contribution in [2.45, 2.75) is 59.6 Å². The van der Waals surface area contributed by atoms with E-state index in [4.69, 9.17) is 4.74 Å². The second kappa shape index (κ2) is 9.34. The van der Waals surface area contributed by atoms with Crippen LogP contribution in [0.15, 0.2) is 42.5 Å². The number of rotatable bonds is 6. The third-order valence-corrected chi connectivity index (χ3v) is 6.13. The van der Waals surface area contributed by atoms with Gasteiger partial charge in [-0.2, -0.15) is 0 Å². The van der Waals surface area contributed by atoms with Gasteiger partial charge in [-0.1, -0.05) is 31.2 Å². The van der Waals surface area contributed by atoms with Crippen LogP contribution in [0, 0.1) is 19.8 Å². The molecule has 1 heterocycles. The fourth-order valence-electron chi connectivity index (χ4n) is 3.75. The quantitative estimate of drug-likeness (QED) is 0.733. The van der Waals surface area contributed by atoms with Gasteiger partial charge in [-0.3, -0.25) is 4.79 Å². The molecule has 2 aromatic rings. The van der Waals surface area contributed by atoms with Crippen LogP contribution in [0.25, 0.3) is 0 Å². The number of ether oxygens (including phenoxy) is 1. The van der Waals surface area contributed by atoms with Crippen LogP contribution in [0.4, 0.5) is 5.69 Å². The van der Waals surface area contributed by atoms with Crippen molar-refractivity contribution in [3.63, 3.8) is 0 Å². The highest BCUT2D eigenvalue weighted by Gasteiger charge is 2.20. The lowest BCUT2D eigenvalue weighted by atomic mass is 9.98. The molecule has 0 aromatic heterocycles. The van der Waals surface area contributed by atoms with Gasteiger partial charge in [0.2, 0.25) is 0 Å². The fraction of sp³-hybridized carbons (Fsp3) is 0.480. The number of benzene rings is 2. The van der Waals surface area contributed by atoms with Crippen LogP contribution >= 0.6 is 0 Å². The molecule has 4 nitrogen and oxygen atoms in total. The Balaban J connectivity index is 1.56. The van der Waals surface area contributed by atoms with Crippen molar-refractivity contribution >= 4 is 11.6 Å². The highest BCUT2D eigenvalue weighted by molar-refractivity contribution is 5.81. The first kappa shape index (κ1) is 21.2. The third-order valence-electron chi connectivity index (χ3n) is 6.13. The van der Waals surface area contributed by atoms with Gasteiger partial charge in [0, 0.05) is 18.8 Å². The van der Waals surface area contributed by atoms with Gasteiger partial charge in [0.25, 0.3) is 5.91 Å². The van der Waals surface area contributed by atoms with Crippen molar-refractivity contribution in [1.29, 1.82) is 0 Å². The molecule has 0 unspecified atom stereocenters. The van der Waals surface area contributed by atoms with Crippen molar-refractivity contribution in [2.24, 2.45) is 5.92 Å². The van der Waals surface area contributed by atoms with Crippen LogP contribution in [-0.4, -0.2) is 25.1 Å². The molecule has 29 heavy (non-hydrogen) atoms. The molecule has 0 bridgehead atoms. The van der Waals surface area contributed by atoms with Gasteiger partial charge in [0.1, 0.15) is 5.75 Å². The smallest absolute Gasteiger partial charge is 0.261 e. The Bertz CT molecular complexity index is 823. The topological polar surface area (TPSA) is 41.6 Å². The Morgan fingerprint density at radius 3 is 2.38 bits per heavy atom. The van der Waals surface area contributed by atoms with E-state index in [-0.39, 0.29) is 11.9 Å². The number of hydrogen-bond acceptors (Lipinski definition) is 3. The lowest BCUT2D eigenvalue weighted by molar-refractivity contribution is -0.127. The summed E-state index contributed by atoms with van der Waals surface area (Å²) in [7, 11) is 0. The largest absolute Gasteiger partial charge is 0.481 e. The van der Waals surface area contributed by atoms with Gasteiger partial charge in [0.15, 0.2) is 6.10 Å². The van der Waals surface area contributed by atoms with E-state index in [0.717, 1.165) is 41.4 Å². The molecule has 1 amide bonds. The van der Waals surface area contributed by atoms with Crippen LogP contribution < -0.4 is 15.0 Å². The number of anilines is 1. The minimum Gasteiger partial charge on any atom is -0.481 e. The van der Waals surface area contributed by atoms with E-state index >= 15 is 0 Å². The van der Waals surface area contributed by atoms with Crippen LogP contribution in [0.3, 0.4) is 0 Å². The molecule has 3 rings (SSSR count). The van der Waals surface area contributed by atoms with E-state index in [9.17, 15) is 4.79 Å². The molecule has 1 fully saturated rings. The Morgan fingerprint density at radius 1 is 1.07 bits per heavy atom. The second-order valence-corrected chi connectivity index (χ2v) is 8.45. The van der Waals surface area contributed by atoms with Gasteiger partial charge in [-0.25, -0.2) is 0 Å². The zero-order chi connectivity index (χ0) is 21.0. The number of carbonyl (C=O) groups is 1. The number of amides is 1. The van der Waals surface area contributed by atoms with Crippen LogP contribution in [0.2, 0.25) is 0 Å².